The van der Waals surface area contributed by atoms with Crippen LogP contribution in [-0.4, -0.2) is 33.9 Å². The van der Waals surface area contributed by atoms with Crippen molar-refractivity contribution in [3.05, 3.63) is 72.7 Å². The summed E-state index contributed by atoms with van der Waals surface area (Å²) in [6, 6.07) is 15.5. The maximum Gasteiger partial charge on any atom is 0.253 e. The van der Waals surface area contributed by atoms with Gasteiger partial charge in [-0.05, 0) is 54.8 Å². The van der Waals surface area contributed by atoms with Crippen molar-refractivity contribution in [2.24, 2.45) is 0 Å². The van der Waals surface area contributed by atoms with Gasteiger partial charge in [0.1, 0.15) is 5.82 Å². The van der Waals surface area contributed by atoms with E-state index < -0.39 is 0 Å². The fraction of sp³-hybridized carbons (Fsp3) is 0.190. The van der Waals surface area contributed by atoms with Gasteiger partial charge >= 0.3 is 0 Å². The summed E-state index contributed by atoms with van der Waals surface area (Å²) in [5.41, 5.74) is 3.71. The number of carbonyl (C=O) groups is 1. The van der Waals surface area contributed by atoms with Gasteiger partial charge in [-0.1, -0.05) is 12.1 Å². The summed E-state index contributed by atoms with van der Waals surface area (Å²) in [4.78, 5) is 22.9. The van der Waals surface area contributed by atoms with Gasteiger partial charge in [0.15, 0.2) is 0 Å². The predicted molar refractivity (Wildman–Crippen MR) is 102 cm³/mol. The number of anilines is 2. The fourth-order valence-corrected chi connectivity index (χ4v) is 3.13. The summed E-state index contributed by atoms with van der Waals surface area (Å²) < 4.78 is 0. The molecular formula is C21H20N4O. The van der Waals surface area contributed by atoms with Crippen LogP contribution >= 0.6 is 0 Å². The Labute approximate surface area is 152 Å². The number of benzene rings is 1. The number of pyridine rings is 2. The maximum atomic E-state index is 12.4. The molecule has 4 rings (SSSR count). The molecule has 3 aromatic rings. The van der Waals surface area contributed by atoms with Gasteiger partial charge in [-0.3, -0.25) is 9.78 Å². The van der Waals surface area contributed by atoms with Crippen molar-refractivity contribution in [2.75, 3.05) is 18.4 Å². The van der Waals surface area contributed by atoms with E-state index in [1.165, 1.54) is 0 Å². The van der Waals surface area contributed by atoms with E-state index in [0.29, 0.717) is 0 Å². The Morgan fingerprint density at radius 1 is 0.923 bits per heavy atom. The third-order valence-electron chi connectivity index (χ3n) is 4.56. The monoisotopic (exact) mass is 344 g/mol. The lowest BCUT2D eigenvalue weighted by atomic mass is 10.1. The minimum absolute atomic E-state index is 0.128. The minimum atomic E-state index is 0.128. The highest BCUT2D eigenvalue weighted by Gasteiger charge is 2.19. The van der Waals surface area contributed by atoms with Crippen LogP contribution in [0.25, 0.3) is 11.1 Å². The highest BCUT2D eigenvalue weighted by molar-refractivity contribution is 5.94. The molecule has 2 aromatic heterocycles. The van der Waals surface area contributed by atoms with Gasteiger partial charge in [0.25, 0.3) is 5.91 Å². The molecule has 5 heteroatoms. The molecule has 1 aliphatic rings. The molecule has 1 aromatic carbocycles. The smallest absolute Gasteiger partial charge is 0.253 e. The van der Waals surface area contributed by atoms with Crippen LogP contribution in [0.3, 0.4) is 0 Å². The van der Waals surface area contributed by atoms with Crippen LogP contribution < -0.4 is 5.32 Å². The zero-order chi connectivity index (χ0) is 17.8. The summed E-state index contributed by atoms with van der Waals surface area (Å²) in [5.74, 6) is 0.894. The van der Waals surface area contributed by atoms with Gasteiger partial charge in [0, 0.05) is 36.6 Å². The molecular weight excluding hydrogens is 324 g/mol. The first-order valence-electron chi connectivity index (χ1n) is 8.82. The number of aromatic nitrogens is 2. The van der Waals surface area contributed by atoms with Crippen molar-refractivity contribution in [1.82, 2.24) is 14.9 Å². The third-order valence-corrected chi connectivity index (χ3v) is 4.56. The summed E-state index contributed by atoms with van der Waals surface area (Å²) in [5, 5.41) is 3.21. The fourth-order valence-electron chi connectivity index (χ4n) is 3.13. The van der Waals surface area contributed by atoms with Crippen molar-refractivity contribution >= 4 is 17.4 Å². The lowest BCUT2D eigenvalue weighted by Gasteiger charge is -2.15. The second-order valence-corrected chi connectivity index (χ2v) is 6.38. The van der Waals surface area contributed by atoms with Gasteiger partial charge in [-0.15, -0.1) is 0 Å². The van der Waals surface area contributed by atoms with Crippen molar-refractivity contribution in [2.45, 2.75) is 12.8 Å². The SMILES string of the molecule is O=C(c1ccc(-c2ccc(Nc3cccnc3)nc2)cc1)N1CCCC1. The lowest BCUT2D eigenvalue weighted by molar-refractivity contribution is 0.0793. The molecule has 0 atom stereocenters. The molecule has 0 aliphatic carbocycles. The second kappa shape index (κ2) is 7.35. The van der Waals surface area contributed by atoms with Gasteiger partial charge in [0.2, 0.25) is 0 Å². The first-order valence-corrected chi connectivity index (χ1v) is 8.82. The Morgan fingerprint density at radius 2 is 1.69 bits per heavy atom. The van der Waals surface area contributed by atoms with E-state index in [1.54, 1.807) is 12.4 Å². The molecule has 0 bridgehead atoms. The molecule has 5 nitrogen and oxygen atoms in total. The van der Waals surface area contributed by atoms with Crippen LogP contribution in [-0.2, 0) is 0 Å². The van der Waals surface area contributed by atoms with Crippen molar-refractivity contribution in [3.63, 3.8) is 0 Å². The largest absolute Gasteiger partial charge is 0.339 e. The number of carbonyl (C=O) groups excluding carboxylic acids is 1. The Hall–Kier alpha value is -3.21. The first-order chi connectivity index (χ1) is 12.8. The highest BCUT2D eigenvalue weighted by Crippen LogP contribution is 2.22. The van der Waals surface area contributed by atoms with E-state index in [4.69, 9.17) is 0 Å². The van der Waals surface area contributed by atoms with E-state index in [9.17, 15) is 4.79 Å². The second-order valence-electron chi connectivity index (χ2n) is 6.38. The summed E-state index contributed by atoms with van der Waals surface area (Å²) in [6.07, 6.45) is 7.53. The molecule has 0 unspecified atom stereocenters. The molecule has 1 amide bonds. The van der Waals surface area contributed by atoms with Gasteiger partial charge < -0.3 is 10.2 Å². The highest BCUT2D eigenvalue weighted by atomic mass is 16.2. The van der Waals surface area contributed by atoms with Gasteiger partial charge in [0.05, 0.1) is 11.9 Å². The molecule has 3 heterocycles. The average molecular weight is 344 g/mol. The van der Waals surface area contributed by atoms with Crippen LogP contribution in [0, 0.1) is 0 Å². The zero-order valence-corrected chi connectivity index (χ0v) is 14.4. The first kappa shape index (κ1) is 16.3. The standard InChI is InChI=1S/C21H20N4O/c26-21(25-12-1-2-13-25)17-7-5-16(6-8-17)18-9-10-20(23-14-18)24-19-4-3-11-22-15-19/h3-11,14-15H,1-2,12-13H2,(H,23,24). The molecule has 1 N–H and O–H groups in total. The number of hydrogen-bond donors (Lipinski definition) is 1. The molecule has 1 aliphatic heterocycles. The van der Waals surface area contributed by atoms with Crippen LogP contribution in [0.15, 0.2) is 67.1 Å². The zero-order valence-electron chi connectivity index (χ0n) is 14.4. The minimum Gasteiger partial charge on any atom is -0.339 e. The Kier molecular flexibility index (Phi) is 4.60. The van der Waals surface area contributed by atoms with E-state index >= 15 is 0 Å². The quantitative estimate of drug-likeness (QED) is 0.773. The van der Waals surface area contributed by atoms with Crippen LogP contribution in [0.1, 0.15) is 23.2 Å². The number of hydrogen-bond acceptors (Lipinski definition) is 4. The van der Waals surface area contributed by atoms with E-state index in [-0.39, 0.29) is 5.91 Å². The number of nitrogens with one attached hydrogen (secondary N) is 1. The maximum absolute atomic E-state index is 12.4. The topological polar surface area (TPSA) is 58.1 Å². The number of likely N-dealkylation sites (tertiary alicyclic amines) is 1. The van der Waals surface area contributed by atoms with Gasteiger partial charge in [-0.2, -0.15) is 0 Å². The Bertz CT molecular complexity index is 870. The summed E-state index contributed by atoms with van der Waals surface area (Å²) in [7, 11) is 0. The Balaban J connectivity index is 1.46. The molecule has 0 saturated carbocycles. The van der Waals surface area contributed by atoms with E-state index in [0.717, 1.165) is 54.1 Å². The molecule has 0 spiro atoms. The third kappa shape index (κ3) is 3.57. The van der Waals surface area contributed by atoms with Crippen molar-refractivity contribution in [3.8, 4) is 11.1 Å². The normalized spacial score (nSPS) is 13.6. The lowest BCUT2D eigenvalue weighted by Crippen LogP contribution is -2.27. The molecule has 1 saturated heterocycles. The number of amides is 1. The molecule has 0 radical (unpaired) electrons. The van der Waals surface area contributed by atoms with E-state index in [2.05, 4.69) is 15.3 Å². The molecule has 130 valence electrons. The molecule has 26 heavy (non-hydrogen) atoms. The van der Waals surface area contributed by atoms with E-state index in [1.807, 2.05) is 59.6 Å². The van der Waals surface area contributed by atoms with Gasteiger partial charge in [-0.25, -0.2) is 4.98 Å². The van der Waals surface area contributed by atoms with Crippen molar-refractivity contribution < 1.29 is 4.79 Å². The summed E-state index contributed by atoms with van der Waals surface area (Å²) in [6.45, 7) is 1.74. The predicted octanol–water partition coefficient (Wildman–Crippen LogP) is 4.12. The molecule has 1 fully saturated rings. The average Bonchev–Trinajstić information content (AvgIpc) is 3.24. The van der Waals surface area contributed by atoms with Crippen LogP contribution in [0.4, 0.5) is 11.5 Å². The van der Waals surface area contributed by atoms with Crippen LogP contribution in [0.5, 0.6) is 0 Å². The number of rotatable bonds is 4. The summed E-state index contributed by atoms with van der Waals surface area (Å²) >= 11 is 0. The Morgan fingerprint density at radius 3 is 2.35 bits per heavy atom. The van der Waals surface area contributed by atoms with Crippen LogP contribution in [0.2, 0.25) is 0 Å². The number of nitrogens with zero attached hydrogens (tertiary/aromatic N) is 3. The van der Waals surface area contributed by atoms with Crippen molar-refractivity contribution in [1.29, 1.82) is 0 Å².